The maximum absolute atomic E-state index is 7.66. The Labute approximate surface area is 134 Å². The molecule has 0 fully saturated rings. The average Bonchev–Trinajstić information content (AvgIpc) is 2.51. The van der Waals surface area contributed by atoms with Crippen LogP contribution in [0.2, 0.25) is 0 Å². The van der Waals surface area contributed by atoms with E-state index in [9.17, 15) is 0 Å². The summed E-state index contributed by atoms with van der Waals surface area (Å²) in [5.41, 5.74) is 7.21. The molecule has 0 aromatic heterocycles. The van der Waals surface area contributed by atoms with Gasteiger partial charge in [0.1, 0.15) is 0 Å². The van der Waals surface area contributed by atoms with E-state index < -0.39 is 0 Å². The molecule has 0 bridgehead atoms. The summed E-state index contributed by atoms with van der Waals surface area (Å²) in [6, 6.07) is 14.8. The van der Waals surface area contributed by atoms with Gasteiger partial charge in [-0.15, -0.1) is 13.2 Å². The van der Waals surface area contributed by atoms with E-state index in [4.69, 9.17) is 5.41 Å². The lowest BCUT2D eigenvalue weighted by atomic mass is 9.98. The molecule has 0 spiro atoms. The van der Waals surface area contributed by atoms with Crippen molar-refractivity contribution < 1.29 is 0 Å². The van der Waals surface area contributed by atoms with Crippen LogP contribution in [-0.2, 0) is 6.42 Å². The van der Waals surface area contributed by atoms with Crippen LogP contribution in [0.5, 0.6) is 0 Å². The molecule has 114 valence electrons. The molecule has 0 saturated heterocycles. The van der Waals surface area contributed by atoms with E-state index in [0.717, 1.165) is 17.6 Å². The summed E-state index contributed by atoms with van der Waals surface area (Å²) in [7, 11) is 0. The molecular weight excluding hydrogens is 266 g/mol. The van der Waals surface area contributed by atoms with Crippen molar-refractivity contribution in [2.24, 2.45) is 0 Å². The zero-order valence-corrected chi connectivity index (χ0v) is 13.8. The lowest BCUT2D eigenvalue weighted by molar-refractivity contribution is 1.22. The van der Waals surface area contributed by atoms with Gasteiger partial charge in [-0.1, -0.05) is 59.7 Å². The summed E-state index contributed by atoms with van der Waals surface area (Å²) in [5.74, 6) is 0. The molecule has 0 atom stereocenters. The molecule has 0 heterocycles. The van der Waals surface area contributed by atoms with Gasteiger partial charge in [0.2, 0.25) is 0 Å². The van der Waals surface area contributed by atoms with Gasteiger partial charge in [-0.2, -0.15) is 0 Å². The van der Waals surface area contributed by atoms with E-state index in [1.54, 1.807) is 0 Å². The van der Waals surface area contributed by atoms with E-state index in [1.165, 1.54) is 28.5 Å². The molecule has 1 heteroatoms. The standard InChI is InChI=1S/C19H21N.C2H4/c1-14-10-15(2)12-19(11-14)18(13-20)9-8-17-7-5-4-6-16(17)3;1-2/h4-7,9-13,20H,8H2,1-3H3;1-2H2/b18-9+,20-13?;. The fourth-order valence-corrected chi connectivity index (χ4v) is 2.46. The monoisotopic (exact) mass is 291 g/mol. The highest BCUT2D eigenvalue weighted by molar-refractivity contribution is 6.08. The lowest BCUT2D eigenvalue weighted by Gasteiger charge is -2.07. The zero-order chi connectivity index (χ0) is 16.5. The third-order valence-corrected chi connectivity index (χ3v) is 3.51. The first-order chi connectivity index (χ1) is 10.6. The van der Waals surface area contributed by atoms with E-state index in [1.807, 2.05) is 0 Å². The number of hydrogen-bond acceptors (Lipinski definition) is 1. The van der Waals surface area contributed by atoms with Gasteiger partial charge in [0.25, 0.3) is 0 Å². The van der Waals surface area contributed by atoms with E-state index >= 15 is 0 Å². The van der Waals surface area contributed by atoms with Crippen LogP contribution in [0.4, 0.5) is 0 Å². The Morgan fingerprint density at radius 2 is 1.59 bits per heavy atom. The summed E-state index contributed by atoms with van der Waals surface area (Å²) < 4.78 is 0. The van der Waals surface area contributed by atoms with Crippen molar-refractivity contribution in [3.05, 3.63) is 89.5 Å². The molecule has 22 heavy (non-hydrogen) atoms. The number of allylic oxidation sites excluding steroid dienone is 2. The minimum absolute atomic E-state index is 0.865. The quantitative estimate of drug-likeness (QED) is 0.552. The van der Waals surface area contributed by atoms with Crippen LogP contribution in [0.25, 0.3) is 5.57 Å². The van der Waals surface area contributed by atoms with Crippen LogP contribution in [0.1, 0.15) is 27.8 Å². The molecule has 0 saturated carbocycles. The van der Waals surface area contributed by atoms with Crippen molar-refractivity contribution in [3.63, 3.8) is 0 Å². The van der Waals surface area contributed by atoms with Gasteiger partial charge in [-0.05, 0) is 49.5 Å². The first kappa shape index (κ1) is 17.6. The summed E-state index contributed by atoms with van der Waals surface area (Å²) in [5, 5.41) is 7.66. The summed E-state index contributed by atoms with van der Waals surface area (Å²) in [6.45, 7) is 12.3. The van der Waals surface area contributed by atoms with Crippen molar-refractivity contribution >= 4 is 11.8 Å². The Balaban J connectivity index is 0.00000116. The molecule has 0 unspecified atom stereocenters. The van der Waals surface area contributed by atoms with Crippen molar-refractivity contribution in [1.82, 2.24) is 0 Å². The SMILES string of the molecule is C=C.Cc1cc(C)cc(/C(C=N)=C/Cc2ccccc2C)c1. The van der Waals surface area contributed by atoms with E-state index in [-0.39, 0.29) is 0 Å². The minimum Gasteiger partial charge on any atom is -0.308 e. The molecule has 0 aliphatic rings. The molecule has 1 nitrogen and oxygen atoms in total. The summed E-state index contributed by atoms with van der Waals surface area (Å²) in [4.78, 5) is 0. The average molecular weight is 291 g/mol. The van der Waals surface area contributed by atoms with Gasteiger partial charge in [0.15, 0.2) is 0 Å². The third-order valence-electron chi connectivity index (χ3n) is 3.51. The molecule has 1 N–H and O–H groups in total. The summed E-state index contributed by atoms with van der Waals surface area (Å²) >= 11 is 0. The molecular formula is C21H25N. The Morgan fingerprint density at radius 1 is 1.00 bits per heavy atom. The molecule has 0 amide bonds. The van der Waals surface area contributed by atoms with Crippen molar-refractivity contribution in [3.8, 4) is 0 Å². The predicted molar refractivity (Wildman–Crippen MR) is 98.8 cm³/mol. The Hall–Kier alpha value is -2.41. The molecule has 2 rings (SSSR count). The molecule has 2 aromatic rings. The second-order valence-electron chi connectivity index (χ2n) is 5.31. The predicted octanol–water partition coefficient (Wildman–Crippen LogP) is 5.69. The maximum Gasteiger partial charge on any atom is 0.0253 e. The minimum atomic E-state index is 0.865. The first-order valence-electron chi connectivity index (χ1n) is 7.44. The number of nitrogens with one attached hydrogen (secondary N) is 1. The number of hydrogen-bond donors (Lipinski definition) is 1. The number of rotatable bonds is 4. The molecule has 2 aromatic carbocycles. The van der Waals surface area contributed by atoms with Crippen LogP contribution < -0.4 is 0 Å². The van der Waals surface area contributed by atoms with Crippen LogP contribution in [0.3, 0.4) is 0 Å². The lowest BCUT2D eigenvalue weighted by Crippen LogP contribution is -1.92. The second kappa shape index (κ2) is 8.78. The molecule has 0 aliphatic carbocycles. The van der Waals surface area contributed by atoms with Gasteiger partial charge in [0.05, 0.1) is 0 Å². The normalized spacial score (nSPS) is 10.6. The zero-order valence-electron chi connectivity index (χ0n) is 13.8. The number of benzene rings is 2. The molecule has 0 radical (unpaired) electrons. The van der Waals surface area contributed by atoms with Gasteiger partial charge < -0.3 is 5.41 Å². The first-order valence-corrected chi connectivity index (χ1v) is 7.44. The second-order valence-corrected chi connectivity index (χ2v) is 5.31. The third kappa shape index (κ3) is 4.85. The highest BCUT2D eigenvalue weighted by Gasteiger charge is 2.02. The van der Waals surface area contributed by atoms with Crippen LogP contribution in [-0.4, -0.2) is 6.21 Å². The number of aryl methyl sites for hydroxylation is 3. The van der Waals surface area contributed by atoms with Gasteiger partial charge >= 0.3 is 0 Å². The van der Waals surface area contributed by atoms with Crippen LogP contribution in [0, 0.1) is 26.2 Å². The van der Waals surface area contributed by atoms with Crippen molar-refractivity contribution in [2.75, 3.05) is 0 Å². The Bertz CT molecular complexity index is 645. The smallest absolute Gasteiger partial charge is 0.0253 e. The van der Waals surface area contributed by atoms with E-state index in [2.05, 4.69) is 82.5 Å². The fraction of sp³-hybridized carbons (Fsp3) is 0.190. The maximum atomic E-state index is 7.66. The van der Waals surface area contributed by atoms with Gasteiger partial charge in [-0.25, -0.2) is 0 Å². The Kier molecular flexibility index (Phi) is 7.04. The van der Waals surface area contributed by atoms with Gasteiger partial charge in [0, 0.05) is 6.21 Å². The highest BCUT2D eigenvalue weighted by atomic mass is 14.3. The van der Waals surface area contributed by atoms with Crippen molar-refractivity contribution in [2.45, 2.75) is 27.2 Å². The Morgan fingerprint density at radius 3 is 2.14 bits per heavy atom. The summed E-state index contributed by atoms with van der Waals surface area (Å²) in [6.07, 6.45) is 4.46. The largest absolute Gasteiger partial charge is 0.308 e. The topological polar surface area (TPSA) is 23.9 Å². The van der Waals surface area contributed by atoms with Crippen molar-refractivity contribution in [1.29, 1.82) is 5.41 Å². The van der Waals surface area contributed by atoms with Crippen LogP contribution in [0.15, 0.2) is 61.7 Å². The van der Waals surface area contributed by atoms with E-state index in [0.29, 0.717) is 0 Å². The molecule has 0 aliphatic heterocycles. The highest BCUT2D eigenvalue weighted by Crippen LogP contribution is 2.18. The van der Waals surface area contributed by atoms with Crippen LogP contribution >= 0.6 is 0 Å². The fourth-order valence-electron chi connectivity index (χ4n) is 2.46. The van der Waals surface area contributed by atoms with Gasteiger partial charge in [-0.3, -0.25) is 0 Å².